The Kier molecular flexibility index (Phi) is 7.64. The average molecular weight is 570 g/mol. The molecule has 0 fully saturated rings. The molecule has 0 radical (unpaired) electrons. The van der Waals surface area contributed by atoms with Gasteiger partial charge in [-0.3, -0.25) is 0 Å². The van der Waals surface area contributed by atoms with Crippen molar-refractivity contribution in [2.24, 2.45) is 0 Å². The summed E-state index contributed by atoms with van der Waals surface area (Å²) in [5, 5.41) is 3.95. The van der Waals surface area contributed by atoms with Gasteiger partial charge in [-0.05, 0) is 41.0 Å². The van der Waals surface area contributed by atoms with Gasteiger partial charge in [-0.25, -0.2) is 15.0 Å². The van der Waals surface area contributed by atoms with Gasteiger partial charge >= 0.3 is 0 Å². The van der Waals surface area contributed by atoms with Crippen LogP contribution in [0.3, 0.4) is 0 Å². The molecule has 7 aromatic rings. The maximum atomic E-state index is 5.02. The van der Waals surface area contributed by atoms with E-state index in [4.69, 9.17) is 15.0 Å². The summed E-state index contributed by atoms with van der Waals surface area (Å²) < 4.78 is 0. The third kappa shape index (κ3) is 5.77. The van der Waals surface area contributed by atoms with E-state index in [1.807, 2.05) is 60.7 Å². The number of nitrogens with zero attached hydrogens (tertiary/aromatic N) is 3. The number of rotatable bonds is 7. The molecule has 7 rings (SSSR count). The minimum atomic E-state index is -0.729. The number of hydrogen-bond donors (Lipinski definition) is 0. The van der Waals surface area contributed by atoms with E-state index >= 15 is 0 Å². The summed E-state index contributed by atoms with van der Waals surface area (Å²) in [5.41, 5.74) is 5.11. The Morgan fingerprint density at radius 2 is 0.698 bits per heavy atom. The summed E-state index contributed by atoms with van der Waals surface area (Å²) in [5.74, 6) is 1.97. The van der Waals surface area contributed by atoms with Crippen molar-refractivity contribution >= 4 is 23.8 Å². The Morgan fingerprint density at radius 1 is 0.302 bits per heavy atom. The third-order valence-corrected chi connectivity index (χ3v) is 9.74. The summed E-state index contributed by atoms with van der Waals surface area (Å²) in [6.45, 7) is 0. The zero-order valence-electron chi connectivity index (χ0n) is 23.5. The lowest BCUT2D eigenvalue weighted by Gasteiger charge is -2.20. The predicted molar refractivity (Wildman–Crippen MR) is 180 cm³/mol. The van der Waals surface area contributed by atoms with Gasteiger partial charge in [0.2, 0.25) is 0 Å². The van der Waals surface area contributed by atoms with Crippen LogP contribution in [0, 0.1) is 0 Å². The highest BCUT2D eigenvalue weighted by atomic mass is 31.1. The predicted octanol–water partition coefficient (Wildman–Crippen LogP) is 8.30. The molecule has 0 spiro atoms. The fourth-order valence-electron chi connectivity index (χ4n) is 5.27. The molecule has 0 atom stereocenters. The van der Waals surface area contributed by atoms with Crippen molar-refractivity contribution in [1.82, 2.24) is 15.0 Å². The van der Waals surface area contributed by atoms with Crippen molar-refractivity contribution in [3.8, 4) is 45.3 Å². The van der Waals surface area contributed by atoms with Crippen molar-refractivity contribution in [2.75, 3.05) is 0 Å². The second-order valence-electron chi connectivity index (χ2n) is 10.1. The molecule has 0 aliphatic rings. The van der Waals surface area contributed by atoms with Crippen LogP contribution in [0.15, 0.2) is 170 Å². The fraction of sp³-hybridized carbons (Fsp3) is 0. The van der Waals surface area contributed by atoms with Gasteiger partial charge < -0.3 is 0 Å². The number of benzene rings is 6. The first-order valence-electron chi connectivity index (χ1n) is 14.3. The molecule has 1 aromatic heterocycles. The lowest BCUT2D eigenvalue weighted by atomic mass is 9.99. The standard InChI is InChI=1S/C39H28N3P/c1-5-16-29(17-6-1)37-40-38(30-18-7-2-8-19-30)42-39(41-37)36-27-14-13-26-35(36)31-20-15-25-34(28-31)43(32-21-9-3-10-22-32)33-23-11-4-12-24-33/h1-28H. The molecule has 0 N–H and O–H groups in total. The van der Waals surface area contributed by atoms with E-state index in [0.717, 1.165) is 27.8 Å². The Bertz CT molecular complexity index is 1860. The van der Waals surface area contributed by atoms with E-state index in [2.05, 4.69) is 109 Å². The van der Waals surface area contributed by atoms with Crippen LogP contribution in [0.4, 0.5) is 0 Å². The van der Waals surface area contributed by atoms with Gasteiger partial charge in [-0.15, -0.1) is 0 Å². The second-order valence-corrected chi connectivity index (χ2v) is 12.4. The van der Waals surface area contributed by atoms with E-state index < -0.39 is 7.92 Å². The second kappa shape index (κ2) is 12.3. The lowest BCUT2D eigenvalue weighted by molar-refractivity contribution is 1.07. The summed E-state index contributed by atoms with van der Waals surface area (Å²) >= 11 is 0. The van der Waals surface area contributed by atoms with Crippen molar-refractivity contribution in [1.29, 1.82) is 0 Å². The number of hydrogen-bond acceptors (Lipinski definition) is 3. The molecule has 0 amide bonds. The molecule has 4 heteroatoms. The quantitative estimate of drug-likeness (QED) is 0.181. The van der Waals surface area contributed by atoms with Crippen LogP contribution in [0.2, 0.25) is 0 Å². The molecule has 0 saturated heterocycles. The minimum absolute atomic E-state index is 0.655. The van der Waals surface area contributed by atoms with Crippen LogP contribution in [0.1, 0.15) is 0 Å². The van der Waals surface area contributed by atoms with Gasteiger partial charge in [0.25, 0.3) is 0 Å². The maximum absolute atomic E-state index is 5.02. The first kappa shape index (κ1) is 26.6. The molecule has 204 valence electrons. The van der Waals surface area contributed by atoms with E-state index in [9.17, 15) is 0 Å². The highest BCUT2D eigenvalue weighted by Gasteiger charge is 2.19. The summed E-state index contributed by atoms with van der Waals surface area (Å²) in [4.78, 5) is 14.9. The molecule has 43 heavy (non-hydrogen) atoms. The SMILES string of the molecule is c1ccc(-c2nc(-c3ccccc3)nc(-c3ccccc3-c3cccc(P(c4ccccc4)c4ccccc4)c3)n2)cc1. The Morgan fingerprint density at radius 3 is 1.23 bits per heavy atom. The molecular formula is C39H28N3P. The zero-order chi connectivity index (χ0) is 28.8. The molecule has 0 saturated carbocycles. The van der Waals surface area contributed by atoms with Gasteiger partial charge in [-0.1, -0.05) is 164 Å². The third-order valence-electron chi connectivity index (χ3n) is 7.31. The van der Waals surface area contributed by atoms with Gasteiger partial charge in [0.15, 0.2) is 17.5 Å². The molecule has 1 heterocycles. The van der Waals surface area contributed by atoms with Crippen LogP contribution in [0.5, 0.6) is 0 Å². The van der Waals surface area contributed by atoms with Gasteiger partial charge in [-0.2, -0.15) is 0 Å². The van der Waals surface area contributed by atoms with Crippen LogP contribution in [-0.2, 0) is 0 Å². The van der Waals surface area contributed by atoms with Crippen LogP contribution < -0.4 is 15.9 Å². The first-order valence-corrected chi connectivity index (χ1v) is 15.6. The molecule has 0 unspecified atom stereocenters. The normalized spacial score (nSPS) is 11.0. The van der Waals surface area contributed by atoms with Crippen LogP contribution in [0.25, 0.3) is 45.3 Å². The molecule has 3 nitrogen and oxygen atoms in total. The van der Waals surface area contributed by atoms with E-state index in [0.29, 0.717) is 17.5 Å². The van der Waals surface area contributed by atoms with E-state index in [-0.39, 0.29) is 0 Å². The zero-order valence-corrected chi connectivity index (χ0v) is 24.3. The first-order chi connectivity index (χ1) is 21.3. The van der Waals surface area contributed by atoms with Gasteiger partial charge in [0.05, 0.1) is 0 Å². The Labute approximate surface area is 253 Å². The average Bonchev–Trinajstić information content (AvgIpc) is 3.10. The molecule has 0 aliphatic carbocycles. The van der Waals surface area contributed by atoms with E-state index in [1.54, 1.807) is 0 Å². The monoisotopic (exact) mass is 569 g/mol. The summed E-state index contributed by atoms with van der Waals surface area (Å²) in [6.07, 6.45) is 0. The summed E-state index contributed by atoms with van der Waals surface area (Å²) in [7, 11) is -0.729. The largest absolute Gasteiger partial charge is 0.208 e. The summed E-state index contributed by atoms with van der Waals surface area (Å²) in [6, 6.07) is 59.2. The molecule has 0 bridgehead atoms. The van der Waals surface area contributed by atoms with Gasteiger partial charge in [0, 0.05) is 16.7 Å². The Hall–Kier alpha value is -5.24. The highest BCUT2D eigenvalue weighted by molar-refractivity contribution is 7.79. The topological polar surface area (TPSA) is 38.7 Å². The van der Waals surface area contributed by atoms with Gasteiger partial charge in [0.1, 0.15) is 0 Å². The van der Waals surface area contributed by atoms with Crippen molar-refractivity contribution in [3.63, 3.8) is 0 Å². The molecular weight excluding hydrogens is 541 g/mol. The number of aromatic nitrogens is 3. The smallest absolute Gasteiger partial charge is 0.164 e. The lowest BCUT2D eigenvalue weighted by Crippen LogP contribution is -2.20. The highest BCUT2D eigenvalue weighted by Crippen LogP contribution is 2.36. The molecule has 6 aromatic carbocycles. The van der Waals surface area contributed by atoms with Crippen LogP contribution in [-0.4, -0.2) is 15.0 Å². The van der Waals surface area contributed by atoms with Crippen molar-refractivity contribution in [3.05, 3.63) is 170 Å². The van der Waals surface area contributed by atoms with Crippen molar-refractivity contribution in [2.45, 2.75) is 0 Å². The van der Waals surface area contributed by atoms with Crippen LogP contribution >= 0.6 is 7.92 Å². The fourth-order valence-corrected chi connectivity index (χ4v) is 7.61. The minimum Gasteiger partial charge on any atom is -0.208 e. The molecule has 0 aliphatic heterocycles. The van der Waals surface area contributed by atoms with E-state index in [1.165, 1.54) is 15.9 Å². The maximum Gasteiger partial charge on any atom is 0.164 e. The Balaban J connectivity index is 1.38. The van der Waals surface area contributed by atoms with Crippen molar-refractivity contribution < 1.29 is 0 Å².